The van der Waals surface area contributed by atoms with Crippen molar-refractivity contribution < 1.29 is 9.59 Å². The van der Waals surface area contributed by atoms with Crippen LogP contribution in [0, 0.1) is 6.92 Å². The molecule has 0 aromatic heterocycles. The van der Waals surface area contributed by atoms with Gasteiger partial charge in [0.05, 0.1) is 11.6 Å². The third kappa shape index (κ3) is 1.98. The molecule has 2 N–H and O–H groups in total. The monoisotopic (exact) mass is 246 g/mol. The highest BCUT2D eigenvalue weighted by molar-refractivity contribution is 6.28. The Kier molecular flexibility index (Phi) is 3.59. The van der Waals surface area contributed by atoms with Gasteiger partial charge in [0.2, 0.25) is 5.78 Å². The first kappa shape index (κ1) is 12.9. The number of rotatable bonds is 4. The molecule has 1 fully saturated rings. The zero-order valence-electron chi connectivity index (χ0n) is 10.7. The molecule has 2 rings (SSSR count). The number of carbonyl (C=O) groups excluding carboxylic acids is 2. The molecule has 4 heteroatoms. The summed E-state index contributed by atoms with van der Waals surface area (Å²) in [5, 5.41) is 6.40. The van der Waals surface area contributed by atoms with Crippen LogP contribution in [0.1, 0.15) is 24.5 Å². The van der Waals surface area contributed by atoms with Crippen molar-refractivity contribution in [2.45, 2.75) is 31.8 Å². The Bertz CT molecular complexity index is 455. The first-order valence-electron chi connectivity index (χ1n) is 6.18. The second kappa shape index (κ2) is 5.00. The number of benzene rings is 1. The number of hydrogen-bond donors (Lipinski definition) is 2. The molecule has 1 aliphatic rings. The van der Waals surface area contributed by atoms with E-state index in [-0.39, 0.29) is 0 Å². The maximum Gasteiger partial charge on any atom is 0.214 e. The van der Waals surface area contributed by atoms with Crippen molar-refractivity contribution in [3.05, 3.63) is 35.4 Å². The fraction of sp³-hybridized carbons (Fsp3) is 0.429. The Balaban J connectivity index is 2.43. The van der Waals surface area contributed by atoms with Gasteiger partial charge in [0.15, 0.2) is 6.29 Å². The van der Waals surface area contributed by atoms with E-state index >= 15 is 0 Å². The van der Waals surface area contributed by atoms with Crippen LogP contribution in [0.15, 0.2) is 24.3 Å². The van der Waals surface area contributed by atoms with Gasteiger partial charge < -0.3 is 0 Å². The van der Waals surface area contributed by atoms with Crippen molar-refractivity contribution in [2.24, 2.45) is 0 Å². The minimum absolute atomic E-state index is 0.401. The molecule has 0 spiro atoms. The minimum Gasteiger partial charge on any atom is -0.295 e. The SMILES string of the molecule is CCC1(c2ccc(C)cc2)NCNC1C(=O)C=O. The van der Waals surface area contributed by atoms with E-state index in [2.05, 4.69) is 10.6 Å². The van der Waals surface area contributed by atoms with Crippen LogP contribution >= 0.6 is 0 Å². The molecule has 4 nitrogen and oxygen atoms in total. The third-order valence-electron chi connectivity index (χ3n) is 3.73. The van der Waals surface area contributed by atoms with Crippen LogP contribution in [0.5, 0.6) is 0 Å². The first-order valence-corrected chi connectivity index (χ1v) is 6.18. The van der Waals surface area contributed by atoms with Crippen molar-refractivity contribution in [3.63, 3.8) is 0 Å². The molecule has 0 bridgehead atoms. The predicted octanol–water partition coefficient (Wildman–Crippen LogP) is 0.887. The van der Waals surface area contributed by atoms with Gasteiger partial charge in [0, 0.05) is 6.67 Å². The Morgan fingerprint density at radius 1 is 1.44 bits per heavy atom. The number of carbonyl (C=O) groups is 2. The fourth-order valence-electron chi connectivity index (χ4n) is 2.65. The van der Waals surface area contributed by atoms with Crippen molar-refractivity contribution >= 4 is 12.1 Å². The Labute approximate surface area is 107 Å². The summed E-state index contributed by atoms with van der Waals surface area (Å²) < 4.78 is 0. The second-order valence-corrected chi connectivity index (χ2v) is 4.70. The molecule has 1 aromatic carbocycles. The quantitative estimate of drug-likeness (QED) is 0.612. The van der Waals surface area contributed by atoms with Crippen LogP contribution in [0.3, 0.4) is 0 Å². The number of aryl methyl sites for hydroxylation is 1. The summed E-state index contributed by atoms with van der Waals surface area (Å²) in [5.74, 6) is -0.401. The highest BCUT2D eigenvalue weighted by Gasteiger charge is 2.46. The topological polar surface area (TPSA) is 58.2 Å². The van der Waals surface area contributed by atoms with Gasteiger partial charge in [-0.2, -0.15) is 0 Å². The molecule has 1 aliphatic heterocycles. The molecule has 2 atom stereocenters. The van der Waals surface area contributed by atoms with Crippen LogP contribution < -0.4 is 10.6 Å². The Hall–Kier alpha value is -1.52. The van der Waals surface area contributed by atoms with E-state index in [0.29, 0.717) is 13.0 Å². The summed E-state index contributed by atoms with van der Waals surface area (Å²) in [7, 11) is 0. The summed E-state index contributed by atoms with van der Waals surface area (Å²) in [6, 6.07) is 7.60. The maximum absolute atomic E-state index is 11.8. The molecule has 18 heavy (non-hydrogen) atoms. The summed E-state index contributed by atoms with van der Waals surface area (Å²) in [5.41, 5.74) is 1.74. The number of Topliss-reactive ketones (excluding diaryl/α,β-unsaturated/α-hetero) is 1. The lowest BCUT2D eigenvalue weighted by Crippen LogP contribution is -2.50. The van der Waals surface area contributed by atoms with E-state index in [1.54, 1.807) is 0 Å². The van der Waals surface area contributed by atoms with E-state index in [1.165, 1.54) is 5.56 Å². The molecular weight excluding hydrogens is 228 g/mol. The van der Waals surface area contributed by atoms with Gasteiger partial charge in [-0.1, -0.05) is 36.8 Å². The number of nitrogens with one attached hydrogen (secondary N) is 2. The first-order chi connectivity index (χ1) is 8.64. The maximum atomic E-state index is 11.8. The Morgan fingerprint density at radius 2 is 2.11 bits per heavy atom. The average molecular weight is 246 g/mol. The zero-order valence-corrected chi connectivity index (χ0v) is 10.7. The molecule has 0 amide bonds. The molecule has 1 saturated heterocycles. The van der Waals surface area contributed by atoms with E-state index in [0.717, 1.165) is 12.0 Å². The van der Waals surface area contributed by atoms with Crippen molar-refractivity contribution in [1.82, 2.24) is 10.6 Å². The van der Waals surface area contributed by atoms with Crippen molar-refractivity contribution in [1.29, 1.82) is 0 Å². The summed E-state index contributed by atoms with van der Waals surface area (Å²) >= 11 is 0. The van der Waals surface area contributed by atoms with Crippen LogP contribution in [-0.2, 0) is 15.1 Å². The molecule has 0 aliphatic carbocycles. The lowest BCUT2D eigenvalue weighted by Gasteiger charge is -2.33. The van der Waals surface area contributed by atoms with Gasteiger partial charge in [-0.25, -0.2) is 0 Å². The van der Waals surface area contributed by atoms with Crippen LogP contribution in [-0.4, -0.2) is 24.8 Å². The molecule has 1 aromatic rings. The molecule has 0 radical (unpaired) electrons. The lowest BCUT2D eigenvalue weighted by atomic mass is 9.80. The van der Waals surface area contributed by atoms with Crippen molar-refractivity contribution in [2.75, 3.05) is 6.67 Å². The highest BCUT2D eigenvalue weighted by atomic mass is 16.2. The van der Waals surface area contributed by atoms with E-state index in [4.69, 9.17) is 0 Å². The number of aldehydes is 1. The van der Waals surface area contributed by atoms with Crippen LogP contribution in [0.4, 0.5) is 0 Å². The highest BCUT2D eigenvalue weighted by Crippen LogP contribution is 2.32. The van der Waals surface area contributed by atoms with E-state index < -0.39 is 17.4 Å². The zero-order chi connectivity index (χ0) is 13.2. The summed E-state index contributed by atoms with van der Waals surface area (Å²) in [6.45, 7) is 4.58. The Morgan fingerprint density at radius 3 is 2.67 bits per heavy atom. The number of ketones is 1. The molecular formula is C14H18N2O2. The predicted molar refractivity (Wildman–Crippen MR) is 69.1 cm³/mol. The molecule has 96 valence electrons. The molecule has 1 heterocycles. The largest absolute Gasteiger partial charge is 0.295 e. The van der Waals surface area contributed by atoms with Crippen LogP contribution in [0.25, 0.3) is 0 Å². The van der Waals surface area contributed by atoms with Gasteiger partial charge in [0.25, 0.3) is 0 Å². The smallest absolute Gasteiger partial charge is 0.214 e. The summed E-state index contributed by atoms with van der Waals surface area (Å²) in [6.07, 6.45) is 1.15. The van der Waals surface area contributed by atoms with Crippen LogP contribution in [0.2, 0.25) is 0 Å². The van der Waals surface area contributed by atoms with Gasteiger partial charge in [-0.3, -0.25) is 20.2 Å². The standard InChI is InChI=1S/C14H18N2O2/c1-3-14(11-6-4-10(2)5-7-11)13(12(18)8-17)15-9-16-14/h4-8,13,15-16H,3,9H2,1-2H3. The van der Waals surface area contributed by atoms with E-state index in [1.807, 2.05) is 38.1 Å². The minimum atomic E-state index is -0.484. The average Bonchev–Trinajstić information content (AvgIpc) is 2.83. The second-order valence-electron chi connectivity index (χ2n) is 4.70. The van der Waals surface area contributed by atoms with Gasteiger partial charge in [0.1, 0.15) is 0 Å². The van der Waals surface area contributed by atoms with Gasteiger partial charge in [-0.05, 0) is 18.9 Å². The fourth-order valence-corrected chi connectivity index (χ4v) is 2.65. The van der Waals surface area contributed by atoms with Gasteiger partial charge >= 0.3 is 0 Å². The number of hydrogen-bond acceptors (Lipinski definition) is 4. The molecule has 2 unspecified atom stereocenters. The van der Waals surface area contributed by atoms with Gasteiger partial charge in [-0.15, -0.1) is 0 Å². The van der Waals surface area contributed by atoms with Crippen molar-refractivity contribution in [3.8, 4) is 0 Å². The molecule has 0 saturated carbocycles. The summed E-state index contributed by atoms with van der Waals surface area (Å²) in [4.78, 5) is 22.5. The van der Waals surface area contributed by atoms with E-state index in [9.17, 15) is 9.59 Å². The third-order valence-corrected chi connectivity index (χ3v) is 3.73. The lowest BCUT2D eigenvalue weighted by molar-refractivity contribution is -0.132. The normalized spacial score (nSPS) is 27.1.